The van der Waals surface area contributed by atoms with E-state index in [2.05, 4.69) is 9.97 Å². The third kappa shape index (κ3) is 2.54. The van der Waals surface area contributed by atoms with E-state index in [4.69, 9.17) is 5.11 Å². The van der Waals surface area contributed by atoms with Crippen LogP contribution in [0.15, 0.2) is 29.1 Å². The van der Waals surface area contributed by atoms with Gasteiger partial charge in [0, 0.05) is 11.1 Å². The molecule has 0 radical (unpaired) electrons. The zero-order valence-corrected chi connectivity index (χ0v) is 10.7. The van der Waals surface area contributed by atoms with E-state index >= 15 is 0 Å². The number of aromatic amines is 1. The molecule has 1 heterocycles. The van der Waals surface area contributed by atoms with Crippen molar-refractivity contribution in [1.29, 1.82) is 0 Å². The van der Waals surface area contributed by atoms with Crippen LogP contribution in [0.5, 0.6) is 0 Å². The van der Waals surface area contributed by atoms with E-state index in [0.717, 1.165) is 12.0 Å². The van der Waals surface area contributed by atoms with Gasteiger partial charge in [-0.15, -0.1) is 0 Å². The molecule has 0 spiro atoms. The molecule has 5 nitrogen and oxygen atoms in total. The standard InChI is InChI=1S/C14H14N2O3/c1-3-9-4-6-10(7-5-9)11-8(2)12(13(17)18)16-14(19)15-11/h4-7H,3H2,1-2H3,(H,17,18)(H,15,16,19). The highest BCUT2D eigenvalue weighted by molar-refractivity contribution is 5.89. The highest BCUT2D eigenvalue weighted by atomic mass is 16.4. The number of aromatic nitrogens is 2. The van der Waals surface area contributed by atoms with Crippen molar-refractivity contribution in [2.45, 2.75) is 20.3 Å². The summed E-state index contributed by atoms with van der Waals surface area (Å²) < 4.78 is 0. The number of carbonyl (C=O) groups is 1. The summed E-state index contributed by atoms with van der Waals surface area (Å²) in [6.45, 7) is 3.68. The fourth-order valence-corrected chi connectivity index (χ4v) is 1.93. The maximum Gasteiger partial charge on any atom is 0.352 e. The van der Waals surface area contributed by atoms with Crippen LogP contribution in [-0.2, 0) is 6.42 Å². The first-order chi connectivity index (χ1) is 9.02. The Morgan fingerprint density at radius 1 is 1.32 bits per heavy atom. The first kappa shape index (κ1) is 13.0. The maximum atomic E-state index is 11.4. The zero-order chi connectivity index (χ0) is 14.0. The fourth-order valence-electron chi connectivity index (χ4n) is 1.93. The van der Waals surface area contributed by atoms with E-state index in [0.29, 0.717) is 11.3 Å². The van der Waals surface area contributed by atoms with Gasteiger partial charge in [-0.1, -0.05) is 31.2 Å². The van der Waals surface area contributed by atoms with Crippen molar-refractivity contribution in [3.05, 3.63) is 51.6 Å². The lowest BCUT2D eigenvalue weighted by atomic mass is 10.0. The molecule has 0 aliphatic rings. The van der Waals surface area contributed by atoms with Crippen molar-refractivity contribution in [2.75, 3.05) is 0 Å². The Morgan fingerprint density at radius 2 is 1.95 bits per heavy atom. The number of nitrogens with one attached hydrogen (secondary N) is 1. The molecule has 1 aromatic carbocycles. The molecule has 0 bridgehead atoms. The Labute approximate surface area is 110 Å². The molecule has 0 atom stereocenters. The minimum Gasteiger partial charge on any atom is -0.477 e. The average molecular weight is 258 g/mol. The van der Waals surface area contributed by atoms with Gasteiger partial charge in [0.25, 0.3) is 0 Å². The summed E-state index contributed by atoms with van der Waals surface area (Å²) in [5.74, 6) is -1.16. The number of nitrogens with zero attached hydrogens (tertiary/aromatic N) is 1. The van der Waals surface area contributed by atoms with Crippen molar-refractivity contribution >= 4 is 5.97 Å². The molecule has 98 valence electrons. The third-order valence-corrected chi connectivity index (χ3v) is 3.02. The van der Waals surface area contributed by atoms with E-state index in [1.807, 2.05) is 31.2 Å². The summed E-state index contributed by atoms with van der Waals surface area (Å²) in [4.78, 5) is 28.6. The van der Waals surface area contributed by atoms with Crippen LogP contribution in [0.3, 0.4) is 0 Å². The molecule has 0 fully saturated rings. The van der Waals surface area contributed by atoms with E-state index in [1.54, 1.807) is 6.92 Å². The van der Waals surface area contributed by atoms with Crippen LogP contribution in [0.25, 0.3) is 11.3 Å². The predicted molar refractivity (Wildman–Crippen MR) is 71.4 cm³/mol. The summed E-state index contributed by atoms with van der Waals surface area (Å²) in [5.41, 5.74) is 2.00. The quantitative estimate of drug-likeness (QED) is 0.882. The topological polar surface area (TPSA) is 83.0 Å². The molecule has 5 heteroatoms. The molecule has 1 aromatic heterocycles. The molecule has 0 saturated carbocycles. The van der Waals surface area contributed by atoms with Crippen LogP contribution in [0.2, 0.25) is 0 Å². The van der Waals surface area contributed by atoms with Gasteiger partial charge in [-0.25, -0.2) is 9.59 Å². The average Bonchev–Trinajstić information content (AvgIpc) is 2.41. The van der Waals surface area contributed by atoms with Crippen LogP contribution in [0.4, 0.5) is 0 Å². The number of hydrogen-bond acceptors (Lipinski definition) is 3. The van der Waals surface area contributed by atoms with Crippen LogP contribution in [0.1, 0.15) is 28.5 Å². The second-order valence-corrected chi connectivity index (χ2v) is 4.25. The van der Waals surface area contributed by atoms with Crippen LogP contribution in [-0.4, -0.2) is 21.0 Å². The van der Waals surface area contributed by atoms with Gasteiger partial charge < -0.3 is 5.11 Å². The summed E-state index contributed by atoms with van der Waals surface area (Å²) in [7, 11) is 0. The Morgan fingerprint density at radius 3 is 2.47 bits per heavy atom. The number of carboxylic acids is 1. The Balaban J connectivity index is 2.61. The van der Waals surface area contributed by atoms with Crippen molar-refractivity contribution in [1.82, 2.24) is 9.97 Å². The molecule has 2 aromatic rings. The van der Waals surface area contributed by atoms with Gasteiger partial charge in [0.15, 0.2) is 0 Å². The maximum absolute atomic E-state index is 11.4. The number of aryl methyl sites for hydroxylation is 1. The monoisotopic (exact) mass is 258 g/mol. The lowest BCUT2D eigenvalue weighted by molar-refractivity contribution is 0.0689. The SMILES string of the molecule is CCc1ccc(-c2nc(=O)[nH]c(C(=O)O)c2C)cc1. The Kier molecular flexibility index (Phi) is 3.46. The summed E-state index contributed by atoms with van der Waals surface area (Å²) in [6, 6.07) is 7.58. The zero-order valence-electron chi connectivity index (χ0n) is 10.7. The van der Waals surface area contributed by atoms with Crippen molar-refractivity contribution in [3.63, 3.8) is 0 Å². The van der Waals surface area contributed by atoms with E-state index in [-0.39, 0.29) is 5.69 Å². The summed E-state index contributed by atoms with van der Waals surface area (Å²) >= 11 is 0. The number of hydrogen-bond donors (Lipinski definition) is 2. The Bertz CT molecular complexity index is 672. The molecule has 0 unspecified atom stereocenters. The van der Waals surface area contributed by atoms with Crippen molar-refractivity contribution in [2.24, 2.45) is 0 Å². The van der Waals surface area contributed by atoms with Crippen LogP contribution < -0.4 is 5.69 Å². The lowest BCUT2D eigenvalue weighted by Gasteiger charge is -2.07. The van der Waals surface area contributed by atoms with E-state index in [1.165, 1.54) is 5.56 Å². The van der Waals surface area contributed by atoms with Gasteiger partial charge in [-0.05, 0) is 18.9 Å². The second-order valence-electron chi connectivity index (χ2n) is 4.25. The van der Waals surface area contributed by atoms with Crippen LogP contribution in [0, 0.1) is 6.92 Å². The van der Waals surface area contributed by atoms with Crippen LogP contribution >= 0.6 is 0 Å². The summed E-state index contributed by atoms with van der Waals surface area (Å²) in [5, 5.41) is 9.05. The number of aromatic carboxylic acids is 1. The third-order valence-electron chi connectivity index (χ3n) is 3.02. The first-order valence-corrected chi connectivity index (χ1v) is 5.96. The molecule has 2 rings (SSSR count). The number of benzene rings is 1. The summed E-state index contributed by atoms with van der Waals surface area (Å²) in [6.07, 6.45) is 0.919. The van der Waals surface area contributed by atoms with Gasteiger partial charge in [-0.2, -0.15) is 4.98 Å². The molecular formula is C14H14N2O3. The number of rotatable bonds is 3. The first-order valence-electron chi connectivity index (χ1n) is 5.96. The largest absolute Gasteiger partial charge is 0.477 e. The minimum absolute atomic E-state index is 0.116. The number of H-pyrrole nitrogens is 1. The van der Waals surface area contributed by atoms with E-state index < -0.39 is 11.7 Å². The normalized spacial score (nSPS) is 10.4. The molecule has 0 saturated heterocycles. The Hall–Kier alpha value is -2.43. The molecule has 19 heavy (non-hydrogen) atoms. The van der Waals surface area contributed by atoms with Gasteiger partial charge in [-0.3, -0.25) is 4.98 Å². The smallest absolute Gasteiger partial charge is 0.352 e. The lowest BCUT2D eigenvalue weighted by Crippen LogP contribution is -2.19. The molecular weight excluding hydrogens is 244 g/mol. The van der Waals surface area contributed by atoms with E-state index in [9.17, 15) is 9.59 Å². The molecule has 0 amide bonds. The minimum atomic E-state index is -1.16. The fraction of sp³-hybridized carbons (Fsp3) is 0.214. The van der Waals surface area contributed by atoms with Crippen molar-refractivity contribution in [3.8, 4) is 11.3 Å². The predicted octanol–water partition coefficient (Wildman–Crippen LogP) is 2.01. The highest BCUT2D eigenvalue weighted by Gasteiger charge is 2.15. The number of carboxylic acid groups (broad SMARTS) is 1. The highest BCUT2D eigenvalue weighted by Crippen LogP contribution is 2.21. The van der Waals surface area contributed by atoms with Gasteiger partial charge >= 0.3 is 11.7 Å². The van der Waals surface area contributed by atoms with Gasteiger partial charge in [0.05, 0.1) is 5.69 Å². The van der Waals surface area contributed by atoms with Crippen molar-refractivity contribution < 1.29 is 9.90 Å². The second kappa shape index (κ2) is 5.06. The van der Waals surface area contributed by atoms with Gasteiger partial charge in [0.1, 0.15) is 5.69 Å². The molecule has 2 N–H and O–H groups in total. The molecule has 0 aliphatic heterocycles. The van der Waals surface area contributed by atoms with Gasteiger partial charge in [0.2, 0.25) is 0 Å². The molecule has 0 aliphatic carbocycles.